The van der Waals surface area contributed by atoms with E-state index in [9.17, 15) is 18.3 Å². The maximum atomic E-state index is 13.2. The molecule has 0 aliphatic carbocycles. The molecule has 0 radical (unpaired) electrons. The summed E-state index contributed by atoms with van der Waals surface area (Å²) in [6.45, 7) is 1.60. The molecule has 4 rings (SSSR count). The van der Waals surface area contributed by atoms with Crippen LogP contribution in [0.2, 0.25) is 5.02 Å². The number of likely N-dealkylation sites (N-methyl/N-ethyl adjacent to an activating group) is 1. The number of allylic oxidation sites excluding steroid dienone is 1. The van der Waals surface area contributed by atoms with Gasteiger partial charge in [-0.05, 0) is 35.9 Å². The van der Waals surface area contributed by atoms with Crippen LogP contribution in [0.4, 0.5) is 0 Å². The highest BCUT2D eigenvalue weighted by Gasteiger charge is 2.42. The van der Waals surface area contributed by atoms with Gasteiger partial charge in [-0.15, -0.1) is 0 Å². The van der Waals surface area contributed by atoms with E-state index in [4.69, 9.17) is 11.6 Å². The lowest BCUT2D eigenvalue weighted by molar-refractivity contribution is 0.0999. The number of carbonyl (C=O) groups excluding carboxylic acids is 1. The van der Waals surface area contributed by atoms with Crippen LogP contribution < -0.4 is 0 Å². The Morgan fingerprint density at radius 2 is 1.75 bits per heavy atom. The Morgan fingerprint density at radius 3 is 2.46 bits per heavy atom. The fourth-order valence-corrected chi connectivity index (χ4v) is 5.45. The number of aliphatic hydroxyl groups excluding tert-OH is 1. The first-order valence-electron chi connectivity index (χ1n) is 8.64. The van der Waals surface area contributed by atoms with Crippen molar-refractivity contribution in [1.29, 1.82) is 0 Å². The third kappa shape index (κ3) is 2.68. The zero-order valence-electron chi connectivity index (χ0n) is 14.9. The molecule has 5 nitrogen and oxygen atoms in total. The quantitative estimate of drug-likeness (QED) is 0.491. The van der Waals surface area contributed by atoms with Crippen molar-refractivity contribution < 1.29 is 18.3 Å². The van der Waals surface area contributed by atoms with E-state index in [1.807, 2.05) is 24.3 Å². The molecule has 0 bridgehead atoms. The molecule has 1 aliphatic rings. The van der Waals surface area contributed by atoms with Gasteiger partial charge in [-0.3, -0.25) is 9.10 Å². The van der Waals surface area contributed by atoms with Crippen LogP contribution >= 0.6 is 11.6 Å². The number of sulfonamides is 1. The molecule has 142 valence electrons. The van der Waals surface area contributed by atoms with Gasteiger partial charge in [-0.25, -0.2) is 8.42 Å². The van der Waals surface area contributed by atoms with Gasteiger partial charge in [0.15, 0.2) is 5.76 Å². The van der Waals surface area contributed by atoms with Crippen LogP contribution in [-0.2, 0) is 10.0 Å². The Labute approximate surface area is 167 Å². The summed E-state index contributed by atoms with van der Waals surface area (Å²) in [5.74, 6) is -1.02. The van der Waals surface area contributed by atoms with E-state index in [0.717, 1.165) is 15.1 Å². The number of rotatable bonds is 2. The predicted octanol–water partition coefficient (Wildman–Crippen LogP) is 4.63. The number of benzene rings is 3. The summed E-state index contributed by atoms with van der Waals surface area (Å²) in [6.07, 6.45) is 0. The van der Waals surface area contributed by atoms with Crippen molar-refractivity contribution in [2.24, 2.45) is 0 Å². The normalized spacial score (nSPS) is 17.5. The number of Topliss-reactive ketones (excluding diaryl/α,β-unsaturated/α-hetero) is 1. The predicted molar refractivity (Wildman–Crippen MR) is 109 cm³/mol. The summed E-state index contributed by atoms with van der Waals surface area (Å²) in [4.78, 5) is 13.0. The number of aliphatic hydroxyl groups is 1. The molecule has 0 aromatic heterocycles. The molecule has 0 saturated heterocycles. The SMILES string of the molecule is CCN1C(=C(O)c2ccc3ccccc3c2)C(=O)c2c(Cl)cccc2S1(=O)=O. The number of carbonyl (C=O) groups is 1. The molecule has 0 atom stereocenters. The maximum Gasteiger partial charge on any atom is 0.265 e. The van der Waals surface area contributed by atoms with E-state index in [1.54, 1.807) is 25.1 Å². The van der Waals surface area contributed by atoms with Crippen LogP contribution in [0, 0.1) is 0 Å². The van der Waals surface area contributed by atoms with Crippen LogP contribution in [0.25, 0.3) is 16.5 Å². The van der Waals surface area contributed by atoms with Crippen LogP contribution in [0.3, 0.4) is 0 Å². The molecular formula is C21H16ClNO4S. The number of hydrogen-bond acceptors (Lipinski definition) is 4. The molecule has 0 spiro atoms. The molecule has 0 fully saturated rings. The zero-order valence-corrected chi connectivity index (χ0v) is 16.5. The summed E-state index contributed by atoms with van der Waals surface area (Å²) in [5, 5.41) is 12.8. The lowest BCUT2D eigenvalue weighted by Crippen LogP contribution is -2.39. The van der Waals surface area contributed by atoms with Crippen molar-refractivity contribution in [3.8, 4) is 0 Å². The van der Waals surface area contributed by atoms with Gasteiger partial charge in [-0.2, -0.15) is 0 Å². The standard InChI is InChI=1S/C21H16ClNO4S/c1-2-23-19(20(24)15-11-10-13-6-3-4-7-14(13)12-15)21(25)18-16(22)8-5-9-17(18)28(23,26)27/h3-12,24H,2H2,1H3. The second-order valence-electron chi connectivity index (χ2n) is 6.37. The van der Waals surface area contributed by atoms with Crippen molar-refractivity contribution in [3.63, 3.8) is 0 Å². The van der Waals surface area contributed by atoms with Crippen molar-refractivity contribution >= 4 is 43.9 Å². The lowest BCUT2D eigenvalue weighted by Gasteiger charge is -2.31. The van der Waals surface area contributed by atoms with Crippen LogP contribution in [0.5, 0.6) is 0 Å². The monoisotopic (exact) mass is 413 g/mol. The minimum absolute atomic E-state index is 0.00694. The third-order valence-electron chi connectivity index (χ3n) is 4.77. The Kier molecular flexibility index (Phi) is 4.40. The fraction of sp³-hybridized carbons (Fsp3) is 0.0952. The number of ketones is 1. The smallest absolute Gasteiger partial charge is 0.265 e. The van der Waals surface area contributed by atoms with E-state index in [-0.39, 0.29) is 27.7 Å². The minimum atomic E-state index is -4.02. The summed E-state index contributed by atoms with van der Waals surface area (Å²) in [7, 11) is -4.02. The fourth-order valence-electron chi connectivity index (χ4n) is 3.44. The van der Waals surface area contributed by atoms with Gasteiger partial charge >= 0.3 is 0 Å². The molecule has 0 saturated carbocycles. The van der Waals surface area contributed by atoms with Gasteiger partial charge in [0.2, 0.25) is 5.78 Å². The molecule has 0 amide bonds. The topological polar surface area (TPSA) is 74.7 Å². The van der Waals surface area contributed by atoms with Gasteiger partial charge in [-0.1, -0.05) is 54.1 Å². The first kappa shape index (κ1) is 18.5. The maximum absolute atomic E-state index is 13.2. The van der Waals surface area contributed by atoms with E-state index in [0.29, 0.717) is 5.56 Å². The molecular weight excluding hydrogens is 398 g/mol. The molecule has 7 heteroatoms. The Morgan fingerprint density at radius 1 is 1.04 bits per heavy atom. The number of fused-ring (bicyclic) bond motifs is 2. The Hall–Kier alpha value is -2.83. The van der Waals surface area contributed by atoms with Gasteiger partial charge < -0.3 is 5.11 Å². The van der Waals surface area contributed by atoms with Crippen LogP contribution in [0.15, 0.2) is 71.3 Å². The lowest BCUT2D eigenvalue weighted by atomic mass is 10.0. The van der Waals surface area contributed by atoms with Gasteiger partial charge in [0.1, 0.15) is 10.6 Å². The van der Waals surface area contributed by atoms with E-state index < -0.39 is 21.6 Å². The number of halogens is 1. The van der Waals surface area contributed by atoms with Crippen LogP contribution in [0.1, 0.15) is 22.8 Å². The molecule has 28 heavy (non-hydrogen) atoms. The van der Waals surface area contributed by atoms with E-state index in [2.05, 4.69) is 0 Å². The van der Waals surface area contributed by atoms with Gasteiger partial charge in [0.25, 0.3) is 10.0 Å². The number of nitrogens with zero attached hydrogens (tertiary/aromatic N) is 1. The minimum Gasteiger partial charge on any atom is -0.505 e. The summed E-state index contributed by atoms with van der Waals surface area (Å²) in [6, 6.07) is 17.0. The first-order valence-corrected chi connectivity index (χ1v) is 10.5. The molecule has 3 aromatic rings. The third-order valence-corrected chi connectivity index (χ3v) is 7.00. The van der Waals surface area contributed by atoms with E-state index in [1.165, 1.54) is 18.2 Å². The largest absolute Gasteiger partial charge is 0.505 e. The highest BCUT2D eigenvalue weighted by molar-refractivity contribution is 7.89. The van der Waals surface area contributed by atoms with Gasteiger partial charge in [0, 0.05) is 12.1 Å². The van der Waals surface area contributed by atoms with E-state index >= 15 is 0 Å². The van der Waals surface area contributed by atoms with Gasteiger partial charge in [0.05, 0.1) is 10.6 Å². The molecule has 1 aliphatic heterocycles. The highest BCUT2D eigenvalue weighted by atomic mass is 35.5. The van der Waals surface area contributed by atoms with Crippen molar-refractivity contribution in [3.05, 3.63) is 82.5 Å². The molecule has 3 aromatic carbocycles. The summed E-state index contributed by atoms with van der Waals surface area (Å²) in [5.41, 5.74) is -0.0548. The Bertz CT molecular complexity index is 1260. The van der Waals surface area contributed by atoms with Crippen LogP contribution in [-0.4, -0.2) is 30.2 Å². The average molecular weight is 414 g/mol. The summed E-state index contributed by atoms with van der Waals surface area (Å²) >= 11 is 6.14. The second-order valence-corrected chi connectivity index (χ2v) is 8.61. The van der Waals surface area contributed by atoms with Crippen molar-refractivity contribution in [2.75, 3.05) is 6.54 Å². The highest BCUT2D eigenvalue weighted by Crippen LogP contribution is 2.38. The average Bonchev–Trinajstić information content (AvgIpc) is 2.69. The molecule has 0 unspecified atom stereocenters. The zero-order chi connectivity index (χ0) is 20.1. The Balaban J connectivity index is 2.01. The van der Waals surface area contributed by atoms with Crippen molar-refractivity contribution in [2.45, 2.75) is 11.8 Å². The van der Waals surface area contributed by atoms with Crippen molar-refractivity contribution in [1.82, 2.24) is 4.31 Å². The molecule has 1 heterocycles. The molecule has 1 N–H and O–H groups in total. The second kappa shape index (κ2) is 6.65. The first-order chi connectivity index (χ1) is 13.4. The summed E-state index contributed by atoms with van der Waals surface area (Å²) < 4.78 is 27.1. The number of hydrogen-bond donors (Lipinski definition) is 1.